The number of urea groups is 1. The molecule has 2 aliphatic rings. The molecule has 4 nitrogen and oxygen atoms in total. The van der Waals surface area contributed by atoms with Gasteiger partial charge in [0.15, 0.2) is 0 Å². The number of carbonyl (C=O) groups excluding carboxylic acids is 1. The molecule has 1 aliphatic heterocycles. The van der Waals surface area contributed by atoms with Gasteiger partial charge in [0.25, 0.3) is 0 Å². The van der Waals surface area contributed by atoms with Crippen LogP contribution >= 0.6 is 0 Å². The zero-order chi connectivity index (χ0) is 21.8. The molecule has 4 heteroatoms. The summed E-state index contributed by atoms with van der Waals surface area (Å²) < 4.78 is 0. The molecular weight excluding hydrogens is 370 g/mol. The van der Waals surface area contributed by atoms with Gasteiger partial charge in [0.1, 0.15) is 0 Å². The molecule has 0 spiro atoms. The Balaban J connectivity index is 1.55. The number of allylic oxidation sites excluding steroid dienone is 4. The van der Waals surface area contributed by atoms with Gasteiger partial charge in [0.2, 0.25) is 0 Å². The Labute approximate surface area is 186 Å². The van der Waals surface area contributed by atoms with Crippen LogP contribution in [-0.4, -0.2) is 54.6 Å². The summed E-state index contributed by atoms with van der Waals surface area (Å²) in [5.41, 5.74) is 2.95. The van der Waals surface area contributed by atoms with E-state index in [4.69, 9.17) is 0 Å². The number of hydrogen-bond donors (Lipinski definition) is 1. The van der Waals surface area contributed by atoms with Gasteiger partial charge in [-0.05, 0) is 78.2 Å². The van der Waals surface area contributed by atoms with Gasteiger partial charge in [0, 0.05) is 32.2 Å². The minimum Gasteiger partial charge on any atom is -0.335 e. The summed E-state index contributed by atoms with van der Waals surface area (Å²) >= 11 is 0. The summed E-state index contributed by atoms with van der Waals surface area (Å²) in [6, 6.07) is 0.580. The van der Waals surface area contributed by atoms with Gasteiger partial charge in [-0.1, -0.05) is 49.5 Å². The molecule has 0 aromatic rings. The van der Waals surface area contributed by atoms with E-state index in [0.717, 1.165) is 44.9 Å². The van der Waals surface area contributed by atoms with Crippen LogP contribution in [0.3, 0.4) is 0 Å². The predicted molar refractivity (Wildman–Crippen MR) is 129 cm³/mol. The van der Waals surface area contributed by atoms with E-state index in [9.17, 15) is 4.79 Å². The summed E-state index contributed by atoms with van der Waals surface area (Å²) in [5.74, 6) is 0.763. The van der Waals surface area contributed by atoms with Crippen LogP contribution in [0.1, 0.15) is 91.9 Å². The van der Waals surface area contributed by atoms with E-state index in [1.165, 1.54) is 69.1 Å². The standard InChI is InChI=1S/C26H47N3O/c1-22(2)10-8-11-23(3)12-9-13-24(4)16-17-28-18-20-29(21-19-28)26(30)27-25-14-6-5-7-15-25/h10,12,24-25H,5-9,11,13-21H2,1-4H3,(H,27,30). The number of piperazine rings is 1. The number of hydrogen-bond acceptors (Lipinski definition) is 2. The Hall–Kier alpha value is -1.29. The fraction of sp³-hybridized carbons (Fsp3) is 0.808. The van der Waals surface area contributed by atoms with Gasteiger partial charge in [0.05, 0.1) is 0 Å². The average Bonchev–Trinajstić information content (AvgIpc) is 2.73. The van der Waals surface area contributed by atoms with Crippen molar-refractivity contribution >= 4 is 6.03 Å². The molecule has 2 amide bonds. The first-order chi connectivity index (χ1) is 14.4. The number of nitrogens with one attached hydrogen (secondary N) is 1. The monoisotopic (exact) mass is 417 g/mol. The van der Waals surface area contributed by atoms with E-state index in [-0.39, 0.29) is 6.03 Å². The van der Waals surface area contributed by atoms with Crippen LogP contribution in [-0.2, 0) is 0 Å². The molecular formula is C26H47N3O. The lowest BCUT2D eigenvalue weighted by Gasteiger charge is -2.36. The van der Waals surface area contributed by atoms with Crippen LogP contribution < -0.4 is 5.32 Å². The highest BCUT2D eigenvalue weighted by molar-refractivity contribution is 5.74. The molecule has 1 heterocycles. The Morgan fingerprint density at radius 1 is 0.967 bits per heavy atom. The second-order valence-corrected chi connectivity index (χ2v) is 9.95. The van der Waals surface area contributed by atoms with Gasteiger partial charge >= 0.3 is 6.03 Å². The summed E-state index contributed by atoms with van der Waals surface area (Å²) in [7, 11) is 0. The number of carbonyl (C=O) groups is 1. The lowest BCUT2D eigenvalue weighted by molar-refractivity contribution is 0.131. The fourth-order valence-electron chi connectivity index (χ4n) is 4.54. The van der Waals surface area contributed by atoms with Gasteiger partial charge in [-0.15, -0.1) is 0 Å². The second-order valence-electron chi connectivity index (χ2n) is 9.95. The topological polar surface area (TPSA) is 35.6 Å². The van der Waals surface area contributed by atoms with Crippen molar-refractivity contribution in [1.29, 1.82) is 0 Å². The third kappa shape index (κ3) is 10.1. The molecule has 30 heavy (non-hydrogen) atoms. The van der Waals surface area contributed by atoms with Crippen molar-refractivity contribution in [2.75, 3.05) is 32.7 Å². The number of rotatable bonds is 10. The first-order valence-corrected chi connectivity index (χ1v) is 12.5. The van der Waals surface area contributed by atoms with Crippen molar-refractivity contribution < 1.29 is 4.79 Å². The Kier molecular flexibility index (Phi) is 11.6. The molecule has 2 fully saturated rings. The van der Waals surface area contributed by atoms with E-state index < -0.39 is 0 Å². The summed E-state index contributed by atoms with van der Waals surface area (Å²) in [6.07, 6.45) is 17.1. The van der Waals surface area contributed by atoms with Crippen molar-refractivity contribution in [3.8, 4) is 0 Å². The molecule has 0 aromatic heterocycles. The van der Waals surface area contributed by atoms with Crippen LogP contribution in [0.15, 0.2) is 23.3 Å². The van der Waals surface area contributed by atoms with Crippen molar-refractivity contribution in [1.82, 2.24) is 15.1 Å². The maximum absolute atomic E-state index is 12.5. The molecule has 1 saturated heterocycles. The van der Waals surface area contributed by atoms with Crippen molar-refractivity contribution in [2.45, 2.75) is 97.9 Å². The van der Waals surface area contributed by atoms with Crippen molar-refractivity contribution in [3.05, 3.63) is 23.3 Å². The van der Waals surface area contributed by atoms with E-state index in [1.807, 2.05) is 4.90 Å². The Morgan fingerprint density at radius 2 is 1.67 bits per heavy atom. The van der Waals surface area contributed by atoms with Crippen molar-refractivity contribution in [3.63, 3.8) is 0 Å². The Bertz CT molecular complexity index is 551. The first kappa shape index (κ1) is 25.0. The summed E-state index contributed by atoms with van der Waals surface area (Å²) in [5, 5.41) is 3.26. The minimum atomic E-state index is 0.168. The highest BCUT2D eigenvalue weighted by atomic mass is 16.2. The normalized spacial score (nSPS) is 20.1. The van der Waals surface area contributed by atoms with Crippen molar-refractivity contribution in [2.24, 2.45) is 5.92 Å². The van der Waals surface area contributed by atoms with E-state index >= 15 is 0 Å². The van der Waals surface area contributed by atoms with Gasteiger partial charge in [-0.3, -0.25) is 4.90 Å². The average molecular weight is 418 g/mol. The van der Waals surface area contributed by atoms with Crippen LogP contribution in [0.25, 0.3) is 0 Å². The van der Waals surface area contributed by atoms with Gasteiger partial charge in [-0.25, -0.2) is 4.79 Å². The van der Waals surface area contributed by atoms with E-state index in [0.29, 0.717) is 6.04 Å². The van der Waals surface area contributed by atoms with Crippen LogP contribution in [0.5, 0.6) is 0 Å². The maximum Gasteiger partial charge on any atom is 0.317 e. The van der Waals surface area contributed by atoms with Crippen LogP contribution in [0, 0.1) is 5.92 Å². The largest absolute Gasteiger partial charge is 0.335 e. The molecule has 1 atom stereocenters. The highest BCUT2D eigenvalue weighted by Gasteiger charge is 2.23. The minimum absolute atomic E-state index is 0.168. The lowest BCUT2D eigenvalue weighted by Crippen LogP contribution is -2.53. The SMILES string of the molecule is CC(C)=CCCC(C)=CCCC(C)CCN1CCN(C(=O)NC2CCCCC2)CC1. The molecule has 1 aliphatic carbocycles. The fourth-order valence-corrected chi connectivity index (χ4v) is 4.54. The zero-order valence-electron chi connectivity index (χ0n) is 20.2. The smallest absolute Gasteiger partial charge is 0.317 e. The molecule has 1 N–H and O–H groups in total. The highest BCUT2D eigenvalue weighted by Crippen LogP contribution is 2.18. The van der Waals surface area contributed by atoms with Gasteiger partial charge in [-0.2, -0.15) is 0 Å². The van der Waals surface area contributed by atoms with E-state index in [2.05, 4.69) is 50.1 Å². The molecule has 2 rings (SSSR count). The summed E-state index contributed by atoms with van der Waals surface area (Å²) in [6.45, 7) is 14.0. The molecule has 0 aromatic carbocycles. The number of nitrogens with zero attached hydrogens (tertiary/aromatic N) is 2. The maximum atomic E-state index is 12.5. The van der Waals surface area contributed by atoms with Crippen LogP contribution in [0.2, 0.25) is 0 Å². The molecule has 1 unspecified atom stereocenters. The van der Waals surface area contributed by atoms with Gasteiger partial charge < -0.3 is 10.2 Å². The molecule has 172 valence electrons. The lowest BCUT2D eigenvalue weighted by atomic mass is 9.96. The summed E-state index contributed by atoms with van der Waals surface area (Å²) in [4.78, 5) is 17.1. The van der Waals surface area contributed by atoms with Crippen LogP contribution in [0.4, 0.5) is 4.79 Å². The number of amides is 2. The zero-order valence-corrected chi connectivity index (χ0v) is 20.2. The molecule has 0 bridgehead atoms. The quantitative estimate of drug-likeness (QED) is 0.433. The third-order valence-electron chi connectivity index (χ3n) is 6.77. The predicted octanol–water partition coefficient (Wildman–Crippen LogP) is 6.15. The first-order valence-electron chi connectivity index (χ1n) is 12.5. The molecule has 0 radical (unpaired) electrons. The third-order valence-corrected chi connectivity index (χ3v) is 6.77. The van der Waals surface area contributed by atoms with E-state index in [1.54, 1.807) is 0 Å². The molecule has 1 saturated carbocycles. The second kappa shape index (κ2) is 13.9. The Morgan fingerprint density at radius 3 is 2.33 bits per heavy atom.